The first kappa shape index (κ1) is 17.2. The van der Waals surface area contributed by atoms with Gasteiger partial charge in [-0.05, 0) is 67.7 Å². The van der Waals surface area contributed by atoms with E-state index in [4.69, 9.17) is 4.74 Å². The fraction of sp³-hybridized carbons (Fsp3) is 0.409. The second-order valence-electron chi connectivity index (χ2n) is 8.11. The summed E-state index contributed by atoms with van der Waals surface area (Å²) < 4.78 is 5.96. The summed E-state index contributed by atoms with van der Waals surface area (Å²) in [5.41, 5.74) is 4.37. The van der Waals surface area contributed by atoms with Crippen LogP contribution in [0.5, 0.6) is 11.6 Å². The highest BCUT2D eigenvalue weighted by Gasteiger charge is 2.29. The molecule has 28 heavy (non-hydrogen) atoms. The van der Waals surface area contributed by atoms with E-state index in [2.05, 4.69) is 46.2 Å². The van der Waals surface area contributed by atoms with Gasteiger partial charge in [-0.3, -0.25) is 4.79 Å². The highest BCUT2D eigenvalue weighted by molar-refractivity contribution is 6.04. The quantitative estimate of drug-likeness (QED) is 0.695. The van der Waals surface area contributed by atoms with Gasteiger partial charge in [0.2, 0.25) is 5.88 Å². The lowest BCUT2D eigenvalue weighted by Crippen LogP contribution is -2.33. The van der Waals surface area contributed by atoms with E-state index in [9.17, 15) is 4.79 Å². The van der Waals surface area contributed by atoms with Crippen LogP contribution in [-0.2, 0) is 6.42 Å². The zero-order chi connectivity index (χ0) is 19.3. The van der Waals surface area contributed by atoms with E-state index in [1.807, 2.05) is 6.07 Å². The number of benzene rings is 1. The smallest absolute Gasteiger partial charge is 0.255 e. The van der Waals surface area contributed by atoms with Crippen molar-refractivity contribution in [2.24, 2.45) is 5.92 Å². The van der Waals surface area contributed by atoms with Gasteiger partial charge in [-0.1, -0.05) is 13.0 Å². The van der Waals surface area contributed by atoms with E-state index in [0.29, 0.717) is 34.4 Å². The second-order valence-corrected chi connectivity index (χ2v) is 8.11. The third-order valence-corrected chi connectivity index (χ3v) is 6.01. The molecule has 0 bridgehead atoms. The van der Waals surface area contributed by atoms with E-state index < -0.39 is 0 Å². The molecule has 1 saturated carbocycles. The maximum absolute atomic E-state index is 12.7. The van der Waals surface area contributed by atoms with Gasteiger partial charge in [0.25, 0.3) is 5.91 Å². The molecule has 144 valence electrons. The molecule has 6 nitrogen and oxygen atoms in total. The minimum absolute atomic E-state index is 0.122. The molecule has 1 amide bonds. The number of aryl methyl sites for hydroxylation is 1. The monoisotopic (exact) mass is 376 g/mol. The molecule has 5 rings (SSSR count). The van der Waals surface area contributed by atoms with E-state index >= 15 is 0 Å². The van der Waals surface area contributed by atoms with Gasteiger partial charge in [0, 0.05) is 12.2 Å². The number of carbonyl (C=O) groups excluding carboxylic acids is 1. The Morgan fingerprint density at radius 3 is 3.00 bits per heavy atom. The minimum atomic E-state index is -0.122. The molecule has 2 N–H and O–H groups in total. The Balaban J connectivity index is 1.39. The maximum Gasteiger partial charge on any atom is 0.255 e. The van der Waals surface area contributed by atoms with Crippen LogP contribution >= 0.6 is 0 Å². The van der Waals surface area contributed by atoms with E-state index in [-0.39, 0.29) is 11.9 Å². The van der Waals surface area contributed by atoms with Crippen molar-refractivity contribution >= 4 is 17.1 Å². The van der Waals surface area contributed by atoms with Crippen molar-refractivity contribution in [1.82, 2.24) is 20.3 Å². The van der Waals surface area contributed by atoms with Crippen molar-refractivity contribution in [3.63, 3.8) is 0 Å². The topological polar surface area (TPSA) is 79.9 Å². The number of aromatic nitrogens is 3. The lowest BCUT2D eigenvalue weighted by atomic mass is 10.0. The zero-order valence-electron chi connectivity index (χ0n) is 16.2. The Kier molecular flexibility index (Phi) is 4.07. The summed E-state index contributed by atoms with van der Waals surface area (Å²) >= 11 is 0. The van der Waals surface area contributed by atoms with Crippen LogP contribution in [0.25, 0.3) is 11.2 Å². The number of nitrogens with zero attached hydrogens (tertiary/aromatic N) is 2. The summed E-state index contributed by atoms with van der Waals surface area (Å²) in [5, 5.41) is 3.07. The van der Waals surface area contributed by atoms with E-state index in [1.54, 1.807) is 12.4 Å². The molecule has 0 unspecified atom stereocenters. The Labute approximate surface area is 163 Å². The van der Waals surface area contributed by atoms with Gasteiger partial charge in [-0.25, -0.2) is 9.97 Å². The summed E-state index contributed by atoms with van der Waals surface area (Å²) in [5.74, 6) is 2.23. The Morgan fingerprint density at radius 2 is 2.18 bits per heavy atom. The standard InChI is InChI=1S/C22H24N4O2/c1-12-3-4-15-9-16(7-8-17(12)15)28-19-11-24-21-20(26-19)18(10-23-21)22(27)25-13(2)14-5-6-14/h7-14H,3-6H2,1-2H3,(H,23,24)(H,25,27)/t12-,13+/m1/s1. The average molecular weight is 376 g/mol. The largest absolute Gasteiger partial charge is 0.437 e. The minimum Gasteiger partial charge on any atom is -0.437 e. The van der Waals surface area contributed by atoms with Crippen LogP contribution in [-0.4, -0.2) is 26.9 Å². The summed E-state index contributed by atoms with van der Waals surface area (Å²) in [4.78, 5) is 24.6. The van der Waals surface area contributed by atoms with Gasteiger partial charge in [0.05, 0.1) is 11.8 Å². The lowest BCUT2D eigenvalue weighted by molar-refractivity contribution is 0.0937. The Morgan fingerprint density at radius 1 is 1.32 bits per heavy atom. The number of carbonyl (C=O) groups is 1. The molecule has 1 fully saturated rings. The molecule has 2 aliphatic carbocycles. The van der Waals surface area contributed by atoms with Crippen molar-refractivity contribution in [3.8, 4) is 11.6 Å². The summed E-state index contributed by atoms with van der Waals surface area (Å²) in [6.45, 7) is 4.31. The second kappa shape index (κ2) is 6.62. The average Bonchev–Trinajstić information content (AvgIpc) is 3.36. The van der Waals surface area contributed by atoms with Crippen molar-refractivity contribution in [3.05, 3.63) is 47.3 Å². The first-order chi connectivity index (χ1) is 13.6. The van der Waals surface area contributed by atoms with Gasteiger partial charge >= 0.3 is 0 Å². The highest BCUT2D eigenvalue weighted by atomic mass is 16.5. The van der Waals surface area contributed by atoms with Gasteiger partial charge in [0.1, 0.15) is 11.3 Å². The highest BCUT2D eigenvalue weighted by Crippen LogP contribution is 2.36. The van der Waals surface area contributed by atoms with Crippen LogP contribution in [0.3, 0.4) is 0 Å². The maximum atomic E-state index is 12.7. The molecule has 0 saturated heterocycles. The normalized spacial score (nSPS) is 19.4. The number of aromatic amines is 1. The Bertz CT molecular complexity index is 1050. The number of hydrogen-bond donors (Lipinski definition) is 2. The number of nitrogens with one attached hydrogen (secondary N) is 2. The van der Waals surface area contributed by atoms with Gasteiger partial charge in [-0.2, -0.15) is 0 Å². The van der Waals surface area contributed by atoms with Crippen LogP contribution in [0.2, 0.25) is 0 Å². The van der Waals surface area contributed by atoms with Crippen LogP contribution in [0.15, 0.2) is 30.6 Å². The Hall–Kier alpha value is -2.89. The third kappa shape index (κ3) is 3.13. The number of amides is 1. The van der Waals surface area contributed by atoms with Crippen molar-refractivity contribution in [2.45, 2.75) is 51.5 Å². The molecule has 2 aromatic heterocycles. The molecule has 2 heterocycles. The molecule has 6 heteroatoms. The number of ether oxygens (including phenoxy) is 1. The van der Waals surface area contributed by atoms with E-state index in [0.717, 1.165) is 12.2 Å². The van der Waals surface area contributed by atoms with Crippen molar-refractivity contribution in [2.75, 3.05) is 0 Å². The third-order valence-electron chi connectivity index (χ3n) is 6.01. The van der Waals surface area contributed by atoms with Gasteiger partial charge < -0.3 is 15.0 Å². The number of fused-ring (bicyclic) bond motifs is 2. The molecule has 3 aromatic rings. The lowest BCUT2D eigenvalue weighted by Gasteiger charge is -2.12. The van der Waals surface area contributed by atoms with Crippen molar-refractivity contribution in [1.29, 1.82) is 0 Å². The molecule has 0 aliphatic heterocycles. The predicted molar refractivity (Wildman–Crippen MR) is 107 cm³/mol. The fourth-order valence-electron chi connectivity index (χ4n) is 4.09. The molecule has 2 aliphatic rings. The number of rotatable bonds is 5. The molecule has 0 spiro atoms. The van der Waals surface area contributed by atoms with Gasteiger partial charge in [0.15, 0.2) is 5.65 Å². The van der Waals surface area contributed by atoms with Crippen LogP contribution < -0.4 is 10.1 Å². The van der Waals surface area contributed by atoms with Crippen molar-refractivity contribution < 1.29 is 9.53 Å². The SMILES string of the molecule is C[C@@H]1CCc2cc(Oc3cnc4[nH]cc(C(=O)N[C@@H](C)C5CC5)c4n3)ccc21. The number of hydrogen-bond acceptors (Lipinski definition) is 4. The summed E-state index contributed by atoms with van der Waals surface area (Å²) in [7, 11) is 0. The summed E-state index contributed by atoms with van der Waals surface area (Å²) in [6, 6.07) is 6.39. The van der Waals surface area contributed by atoms with Crippen LogP contribution in [0.1, 0.15) is 60.5 Å². The molecule has 0 radical (unpaired) electrons. The predicted octanol–water partition coefficient (Wildman–Crippen LogP) is 4.33. The first-order valence-electron chi connectivity index (χ1n) is 10.0. The number of H-pyrrole nitrogens is 1. The molecular formula is C22H24N4O2. The molecule has 2 atom stereocenters. The fourth-order valence-corrected chi connectivity index (χ4v) is 4.09. The zero-order valence-corrected chi connectivity index (χ0v) is 16.2. The van der Waals surface area contributed by atoms with E-state index in [1.165, 1.54) is 30.4 Å². The van der Waals surface area contributed by atoms with Crippen LogP contribution in [0, 0.1) is 5.92 Å². The molecular weight excluding hydrogens is 352 g/mol. The van der Waals surface area contributed by atoms with Gasteiger partial charge in [-0.15, -0.1) is 0 Å². The first-order valence-corrected chi connectivity index (χ1v) is 10.0. The van der Waals surface area contributed by atoms with Crippen LogP contribution in [0.4, 0.5) is 0 Å². The summed E-state index contributed by atoms with van der Waals surface area (Å²) in [6.07, 6.45) is 7.90. The molecule has 1 aromatic carbocycles.